The lowest BCUT2D eigenvalue weighted by Gasteiger charge is -2.29. The number of non-ortho nitro benzene ring substituents is 1. The molecule has 1 aliphatic rings. The molecule has 21 heavy (non-hydrogen) atoms. The zero-order valence-electron chi connectivity index (χ0n) is 12.8. The Morgan fingerprint density at radius 1 is 1.33 bits per heavy atom. The summed E-state index contributed by atoms with van der Waals surface area (Å²) in [6, 6.07) is 4.78. The van der Waals surface area contributed by atoms with Crippen LogP contribution in [0.2, 0.25) is 5.02 Å². The van der Waals surface area contributed by atoms with Crippen molar-refractivity contribution in [3.05, 3.63) is 33.3 Å². The Kier molecular flexibility index (Phi) is 5.09. The summed E-state index contributed by atoms with van der Waals surface area (Å²) in [6.07, 6.45) is 6.05. The number of rotatable bonds is 6. The first-order valence-electron chi connectivity index (χ1n) is 7.70. The van der Waals surface area contributed by atoms with Crippen LogP contribution >= 0.6 is 11.6 Å². The molecule has 5 heteroatoms. The third-order valence-electron chi connectivity index (χ3n) is 4.48. The van der Waals surface area contributed by atoms with E-state index in [0.717, 1.165) is 18.8 Å². The average molecular weight is 311 g/mol. The lowest BCUT2D eigenvalue weighted by molar-refractivity contribution is -0.384. The van der Waals surface area contributed by atoms with E-state index in [2.05, 4.69) is 18.7 Å². The molecule has 1 aromatic rings. The minimum Gasteiger partial charge on any atom is -0.370 e. The lowest BCUT2D eigenvalue weighted by Crippen LogP contribution is -2.27. The fourth-order valence-electron chi connectivity index (χ4n) is 3.60. The van der Waals surface area contributed by atoms with Gasteiger partial charge in [-0.1, -0.05) is 38.3 Å². The summed E-state index contributed by atoms with van der Waals surface area (Å²) in [7, 11) is 0. The van der Waals surface area contributed by atoms with Crippen molar-refractivity contribution in [2.24, 2.45) is 5.41 Å². The normalized spacial score (nSPS) is 17.2. The minimum atomic E-state index is -0.405. The van der Waals surface area contributed by atoms with E-state index in [4.69, 9.17) is 11.6 Å². The van der Waals surface area contributed by atoms with E-state index in [1.165, 1.54) is 38.2 Å². The lowest BCUT2D eigenvalue weighted by atomic mass is 9.78. The van der Waals surface area contributed by atoms with Crippen molar-refractivity contribution < 1.29 is 4.92 Å². The molecule has 1 aliphatic heterocycles. The number of halogens is 1. The first kappa shape index (κ1) is 16.1. The zero-order chi connectivity index (χ0) is 15.5. The van der Waals surface area contributed by atoms with Gasteiger partial charge in [-0.2, -0.15) is 0 Å². The summed E-state index contributed by atoms with van der Waals surface area (Å²) in [4.78, 5) is 12.7. The molecule has 0 radical (unpaired) electrons. The van der Waals surface area contributed by atoms with Gasteiger partial charge in [0.15, 0.2) is 0 Å². The Labute approximate surface area is 131 Å². The molecule has 0 saturated carbocycles. The van der Waals surface area contributed by atoms with Crippen molar-refractivity contribution in [1.82, 2.24) is 0 Å². The molecule has 1 aromatic carbocycles. The van der Waals surface area contributed by atoms with Crippen LogP contribution in [-0.2, 0) is 0 Å². The van der Waals surface area contributed by atoms with Gasteiger partial charge >= 0.3 is 0 Å². The summed E-state index contributed by atoms with van der Waals surface area (Å²) in [5.41, 5.74) is 1.36. The Hall–Kier alpha value is -1.29. The largest absolute Gasteiger partial charge is 0.370 e. The fraction of sp³-hybridized carbons (Fsp3) is 0.625. The van der Waals surface area contributed by atoms with Crippen LogP contribution in [0, 0.1) is 15.5 Å². The second-order valence-corrected chi connectivity index (χ2v) is 6.47. The predicted molar refractivity (Wildman–Crippen MR) is 87.2 cm³/mol. The second kappa shape index (κ2) is 6.65. The first-order valence-corrected chi connectivity index (χ1v) is 8.08. The molecular weight excluding hydrogens is 288 g/mol. The van der Waals surface area contributed by atoms with Crippen LogP contribution in [0.3, 0.4) is 0 Å². The van der Waals surface area contributed by atoms with Crippen LogP contribution in [0.1, 0.15) is 46.0 Å². The quantitative estimate of drug-likeness (QED) is 0.546. The third-order valence-corrected chi connectivity index (χ3v) is 4.78. The molecule has 0 N–H and O–H groups in total. The van der Waals surface area contributed by atoms with Crippen LogP contribution in [0.4, 0.5) is 11.4 Å². The van der Waals surface area contributed by atoms with E-state index < -0.39 is 4.92 Å². The maximum absolute atomic E-state index is 10.8. The van der Waals surface area contributed by atoms with Gasteiger partial charge in [-0.25, -0.2) is 0 Å². The molecule has 1 saturated heterocycles. The van der Waals surface area contributed by atoms with E-state index in [1.54, 1.807) is 12.1 Å². The number of benzene rings is 1. The highest BCUT2D eigenvalue weighted by Gasteiger charge is 2.37. The van der Waals surface area contributed by atoms with E-state index >= 15 is 0 Å². The summed E-state index contributed by atoms with van der Waals surface area (Å²) >= 11 is 6.25. The second-order valence-electron chi connectivity index (χ2n) is 6.06. The van der Waals surface area contributed by atoms with Crippen molar-refractivity contribution in [3.8, 4) is 0 Å². The topological polar surface area (TPSA) is 46.4 Å². The molecule has 0 aliphatic carbocycles. The molecule has 0 amide bonds. The molecule has 1 heterocycles. The standard InChI is InChI=1S/C16H23ClN2O2/c1-3-7-16(8-4-2)9-10-18(12-16)15-6-5-13(19(20)21)11-14(15)17/h5-6,11H,3-4,7-10,12H2,1-2H3. The van der Waals surface area contributed by atoms with E-state index in [9.17, 15) is 10.1 Å². The van der Waals surface area contributed by atoms with Crippen LogP contribution < -0.4 is 4.90 Å². The molecule has 0 unspecified atom stereocenters. The summed E-state index contributed by atoms with van der Waals surface area (Å²) in [5.74, 6) is 0. The number of hydrogen-bond acceptors (Lipinski definition) is 3. The van der Waals surface area contributed by atoms with Gasteiger partial charge in [0.05, 0.1) is 15.6 Å². The summed E-state index contributed by atoms with van der Waals surface area (Å²) < 4.78 is 0. The third kappa shape index (κ3) is 3.49. The van der Waals surface area contributed by atoms with Crippen molar-refractivity contribution >= 4 is 23.0 Å². The van der Waals surface area contributed by atoms with Crippen LogP contribution in [0.25, 0.3) is 0 Å². The maximum atomic E-state index is 10.8. The highest BCUT2D eigenvalue weighted by Crippen LogP contribution is 2.43. The predicted octanol–water partition coefficient (Wildman–Crippen LogP) is 5.04. The summed E-state index contributed by atoms with van der Waals surface area (Å²) in [6.45, 7) is 6.46. The van der Waals surface area contributed by atoms with Gasteiger partial charge in [-0.3, -0.25) is 10.1 Å². The van der Waals surface area contributed by atoms with Gasteiger partial charge in [0.25, 0.3) is 5.69 Å². The van der Waals surface area contributed by atoms with Crippen LogP contribution in [0.15, 0.2) is 18.2 Å². The molecule has 116 valence electrons. The smallest absolute Gasteiger partial charge is 0.271 e. The number of anilines is 1. The zero-order valence-corrected chi connectivity index (χ0v) is 13.5. The maximum Gasteiger partial charge on any atom is 0.271 e. The molecule has 0 aromatic heterocycles. The van der Waals surface area contributed by atoms with Gasteiger partial charge in [0.1, 0.15) is 0 Å². The molecule has 0 bridgehead atoms. The van der Waals surface area contributed by atoms with Crippen molar-refractivity contribution in [2.45, 2.75) is 46.0 Å². The van der Waals surface area contributed by atoms with Crippen molar-refractivity contribution in [3.63, 3.8) is 0 Å². The molecular formula is C16H23ClN2O2. The molecule has 1 fully saturated rings. The SMILES string of the molecule is CCCC1(CCC)CCN(c2ccc([N+](=O)[O-])cc2Cl)C1. The van der Waals surface area contributed by atoms with E-state index in [1.807, 2.05) is 0 Å². The van der Waals surface area contributed by atoms with Gasteiger partial charge in [0.2, 0.25) is 0 Å². The van der Waals surface area contributed by atoms with Gasteiger partial charge in [-0.15, -0.1) is 0 Å². The number of nitrogens with zero attached hydrogens (tertiary/aromatic N) is 2. The van der Waals surface area contributed by atoms with E-state index in [-0.39, 0.29) is 5.69 Å². The van der Waals surface area contributed by atoms with Gasteiger partial charge in [-0.05, 0) is 30.7 Å². The Balaban J connectivity index is 2.18. The van der Waals surface area contributed by atoms with Gasteiger partial charge < -0.3 is 4.90 Å². The Morgan fingerprint density at radius 3 is 2.52 bits per heavy atom. The molecule has 0 atom stereocenters. The van der Waals surface area contributed by atoms with Crippen molar-refractivity contribution in [2.75, 3.05) is 18.0 Å². The van der Waals surface area contributed by atoms with Gasteiger partial charge in [0, 0.05) is 25.2 Å². The fourth-order valence-corrected chi connectivity index (χ4v) is 3.89. The Bertz CT molecular complexity index is 513. The van der Waals surface area contributed by atoms with Crippen LogP contribution in [0.5, 0.6) is 0 Å². The monoisotopic (exact) mass is 310 g/mol. The average Bonchev–Trinajstić information content (AvgIpc) is 2.83. The van der Waals surface area contributed by atoms with Crippen molar-refractivity contribution in [1.29, 1.82) is 0 Å². The molecule has 0 spiro atoms. The number of nitro groups is 1. The highest BCUT2D eigenvalue weighted by molar-refractivity contribution is 6.33. The minimum absolute atomic E-state index is 0.0522. The number of hydrogen-bond donors (Lipinski definition) is 0. The summed E-state index contributed by atoms with van der Waals surface area (Å²) in [5, 5.41) is 11.3. The molecule has 2 rings (SSSR count). The first-order chi connectivity index (χ1) is 10.0. The Morgan fingerprint density at radius 2 is 2.00 bits per heavy atom. The van der Waals surface area contributed by atoms with E-state index in [0.29, 0.717) is 10.4 Å². The number of nitro benzene ring substituents is 1. The molecule has 4 nitrogen and oxygen atoms in total. The highest BCUT2D eigenvalue weighted by atomic mass is 35.5. The van der Waals surface area contributed by atoms with Crippen LogP contribution in [-0.4, -0.2) is 18.0 Å².